The van der Waals surface area contributed by atoms with Crippen molar-refractivity contribution < 1.29 is 24.3 Å². The van der Waals surface area contributed by atoms with Gasteiger partial charge in [-0.3, -0.25) is 24.7 Å². The zero-order valence-electron chi connectivity index (χ0n) is 13.3. The van der Waals surface area contributed by atoms with Crippen molar-refractivity contribution in [3.05, 3.63) is 23.9 Å². The Morgan fingerprint density at radius 1 is 1.50 bits per heavy atom. The van der Waals surface area contributed by atoms with Gasteiger partial charge in [0.1, 0.15) is 5.92 Å². The highest BCUT2D eigenvalue weighted by Gasteiger charge is 2.49. The first-order chi connectivity index (χ1) is 10.3. The van der Waals surface area contributed by atoms with Gasteiger partial charge in [0.05, 0.1) is 17.9 Å². The number of rotatable bonds is 7. The Labute approximate surface area is 130 Å². The fourth-order valence-electron chi connectivity index (χ4n) is 2.67. The molecule has 1 saturated carbocycles. The minimum Gasteiger partial charge on any atom is -0.481 e. The third-order valence-electron chi connectivity index (χ3n) is 3.63. The van der Waals surface area contributed by atoms with E-state index in [1.807, 2.05) is 6.92 Å². The van der Waals surface area contributed by atoms with E-state index in [2.05, 4.69) is 12.1 Å². The van der Waals surface area contributed by atoms with Crippen molar-refractivity contribution >= 4 is 17.5 Å². The molecular weight excluding hydrogens is 286 g/mol. The molecule has 0 amide bonds. The number of carbonyl (C=O) groups excluding carboxylic acids is 2. The van der Waals surface area contributed by atoms with Crippen LogP contribution in [0.1, 0.15) is 40.0 Å². The second-order valence-corrected chi connectivity index (χ2v) is 6.03. The summed E-state index contributed by atoms with van der Waals surface area (Å²) in [4.78, 5) is 41.5. The maximum Gasteiger partial charge on any atom is 0.314 e. The summed E-state index contributed by atoms with van der Waals surface area (Å²) < 4.78 is 0. The van der Waals surface area contributed by atoms with Crippen LogP contribution < -0.4 is 5.48 Å². The van der Waals surface area contributed by atoms with Gasteiger partial charge in [-0.2, -0.15) is 0 Å². The Balaban J connectivity index is 3.24. The molecule has 1 fully saturated rings. The van der Waals surface area contributed by atoms with E-state index in [0.717, 1.165) is 0 Å². The van der Waals surface area contributed by atoms with Gasteiger partial charge in [-0.15, -0.1) is 6.58 Å². The molecule has 1 atom stereocenters. The van der Waals surface area contributed by atoms with E-state index in [0.29, 0.717) is 18.5 Å². The predicted octanol–water partition coefficient (Wildman–Crippen LogP) is 2.02. The molecule has 0 radical (unpaired) electrons. The first-order valence-corrected chi connectivity index (χ1v) is 7.28. The maximum absolute atomic E-state index is 12.6. The molecule has 0 aromatic carbocycles. The molecule has 6 heteroatoms. The van der Waals surface area contributed by atoms with Gasteiger partial charge in [0.2, 0.25) is 0 Å². The van der Waals surface area contributed by atoms with Crippen molar-refractivity contribution in [2.75, 3.05) is 6.61 Å². The second-order valence-electron chi connectivity index (χ2n) is 6.03. The number of hydroxylamine groups is 1. The largest absolute Gasteiger partial charge is 0.481 e. The molecule has 2 N–H and O–H groups in total. The van der Waals surface area contributed by atoms with Crippen LogP contribution in [0.25, 0.3) is 0 Å². The van der Waals surface area contributed by atoms with Crippen LogP contribution in [0.2, 0.25) is 0 Å². The van der Waals surface area contributed by atoms with Crippen LogP contribution in [0.5, 0.6) is 0 Å². The van der Waals surface area contributed by atoms with E-state index in [-0.39, 0.29) is 24.4 Å². The Morgan fingerprint density at radius 2 is 2.14 bits per heavy atom. The minimum absolute atomic E-state index is 0.0153. The average molecular weight is 309 g/mol. The molecule has 0 heterocycles. The lowest BCUT2D eigenvalue weighted by Crippen LogP contribution is -2.46. The Bertz CT molecular complexity index is 519. The van der Waals surface area contributed by atoms with E-state index in [9.17, 15) is 19.5 Å². The summed E-state index contributed by atoms with van der Waals surface area (Å²) in [6, 6.07) is 0. The Hall–Kier alpha value is -1.95. The first kappa shape index (κ1) is 18.1. The number of allylic oxidation sites excluding steroid dienone is 2. The van der Waals surface area contributed by atoms with E-state index >= 15 is 0 Å². The number of Topliss-reactive ketones (excluding diaryl/α,β-unsaturated/α-hetero) is 2. The predicted molar refractivity (Wildman–Crippen MR) is 80.8 cm³/mol. The summed E-state index contributed by atoms with van der Waals surface area (Å²) in [5.41, 5.74) is 1.99. The smallest absolute Gasteiger partial charge is 0.314 e. The van der Waals surface area contributed by atoms with E-state index in [4.69, 9.17) is 4.84 Å². The van der Waals surface area contributed by atoms with Crippen LogP contribution in [0, 0.1) is 11.3 Å². The lowest BCUT2D eigenvalue weighted by molar-refractivity contribution is -0.152. The molecule has 22 heavy (non-hydrogen) atoms. The maximum atomic E-state index is 12.6. The monoisotopic (exact) mass is 309 g/mol. The zero-order chi connectivity index (χ0) is 16.9. The third-order valence-corrected chi connectivity index (χ3v) is 3.63. The van der Waals surface area contributed by atoms with Crippen molar-refractivity contribution in [1.29, 1.82) is 0 Å². The molecule has 122 valence electrons. The van der Waals surface area contributed by atoms with Crippen molar-refractivity contribution in [2.24, 2.45) is 11.3 Å². The molecule has 1 aliphatic rings. The van der Waals surface area contributed by atoms with Gasteiger partial charge in [0.15, 0.2) is 11.6 Å². The summed E-state index contributed by atoms with van der Waals surface area (Å²) in [7, 11) is 0. The third kappa shape index (κ3) is 3.82. The minimum atomic E-state index is -1.23. The molecule has 0 aromatic heterocycles. The SMILES string of the molecule is C=CCONC(CCC)=C1C(=O)CC(C)(C)C(C(=O)O)C1=O. The van der Waals surface area contributed by atoms with Gasteiger partial charge >= 0.3 is 5.97 Å². The van der Waals surface area contributed by atoms with Crippen molar-refractivity contribution in [1.82, 2.24) is 5.48 Å². The first-order valence-electron chi connectivity index (χ1n) is 7.28. The van der Waals surface area contributed by atoms with Crippen LogP contribution in [-0.2, 0) is 19.2 Å². The number of nitrogens with one attached hydrogen (secondary N) is 1. The van der Waals surface area contributed by atoms with Gasteiger partial charge in [-0.05, 0) is 11.8 Å². The van der Waals surface area contributed by atoms with Crippen LogP contribution in [-0.4, -0.2) is 29.2 Å². The Kier molecular flexibility index (Phi) is 6.05. The van der Waals surface area contributed by atoms with Crippen LogP contribution in [0.4, 0.5) is 0 Å². The van der Waals surface area contributed by atoms with Gasteiger partial charge in [0.25, 0.3) is 0 Å². The number of hydrogen-bond donors (Lipinski definition) is 2. The van der Waals surface area contributed by atoms with Crippen molar-refractivity contribution in [3.63, 3.8) is 0 Å². The molecule has 0 saturated heterocycles. The summed E-state index contributed by atoms with van der Waals surface area (Å²) in [6.45, 7) is 8.86. The normalized spacial score (nSPS) is 23.1. The quantitative estimate of drug-likeness (QED) is 0.187. The van der Waals surface area contributed by atoms with E-state index in [1.54, 1.807) is 13.8 Å². The number of carbonyl (C=O) groups is 3. The molecule has 0 aliphatic heterocycles. The highest BCUT2D eigenvalue weighted by molar-refractivity contribution is 6.27. The van der Waals surface area contributed by atoms with E-state index < -0.39 is 23.1 Å². The van der Waals surface area contributed by atoms with Crippen LogP contribution >= 0.6 is 0 Å². The molecule has 0 aromatic rings. The fourth-order valence-corrected chi connectivity index (χ4v) is 2.67. The number of aliphatic carboxylic acids is 1. The average Bonchev–Trinajstić information content (AvgIpc) is 2.36. The molecule has 1 unspecified atom stereocenters. The van der Waals surface area contributed by atoms with E-state index in [1.165, 1.54) is 6.08 Å². The molecule has 1 rings (SSSR count). The Morgan fingerprint density at radius 3 is 2.64 bits per heavy atom. The van der Waals surface area contributed by atoms with Crippen LogP contribution in [0.15, 0.2) is 23.9 Å². The van der Waals surface area contributed by atoms with Crippen molar-refractivity contribution in [2.45, 2.75) is 40.0 Å². The topological polar surface area (TPSA) is 92.7 Å². The highest BCUT2D eigenvalue weighted by atomic mass is 16.6. The number of carboxylic acid groups (broad SMARTS) is 1. The molecule has 6 nitrogen and oxygen atoms in total. The molecule has 1 aliphatic carbocycles. The summed E-state index contributed by atoms with van der Waals surface area (Å²) in [5.74, 6) is -3.42. The number of carboxylic acids is 1. The van der Waals surface area contributed by atoms with Crippen molar-refractivity contribution in [3.8, 4) is 0 Å². The molecular formula is C16H23NO5. The molecule has 0 spiro atoms. The lowest BCUT2D eigenvalue weighted by Gasteiger charge is -2.35. The second kappa shape index (κ2) is 7.35. The highest BCUT2D eigenvalue weighted by Crippen LogP contribution is 2.40. The van der Waals surface area contributed by atoms with Gasteiger partial charge in [-0.25, -0.2) is 0 Å². The summed E-state index contributed by atoms with van der Waals surface area (Å²) in [6.07, 6.45) is 2.65. The van der Waals surface area contributed by atoms with Gasteiger partial charge in [-0.1, -0.05) is 33.3 Å². The lowest BCUT2D eigenvalue weighted by atomic mass is 9.65. The summed E-state index contributed by atoms with van der Waals surface area (Å²) in [5, 5.41) is 9.35. The van der Waals surface area contributed by atoms with Gasteiger partial charge in [0, 0.05) is 6.42 Å². The van der Waals surface area contributed by atoms with Crippen LogP contribution in [0.3, 0.4) is 0 Å². The number of hydrogen-bond acceptors (Lipinski definition) is 5. The van der Waals surface area contributed by atoms with Gasteiger partial charge < -0.3 is 5.11 Å². The fraction of sp³-hybridized carbons (Fsp3) is 0.562. The summed E-state index contributed by atoms with van der Waals surface area (Å²) >= 11 is 0. The molecule has 0 bridgehead atoms. The number of ketones is 2. The zero-order valence-corrected chi connectivity index (χ0v) is 13.3. The standard InChI is InChI=1S/C16H23NO5/c1-5-7-10(17-22-8-6-2)12-11(18)9-16(3,4)13(14(12)19)15(20)21/h6,13,17H,2,5,7-9H2,1,3-4H3,(H,20,21).